The third-order valence-corrected chi connectivity index (χ3v) is 7.22. The van der Waals surface area contributed by atoms with Crippen molar-refractivity contribution in [3.63, 3.8) is 0 Å². The molecule has 0 saturated carbocycles. The first kappa shape index (κ1) is 22.5. The third kappa shape index (κ3) is 4.72. The summed E-state index contributed by atoms with van der Waals surface area (Å²) in [5.41, 5.74) is 3.62. The Morgan fingerprint density at radius 1 is 1.22 bits per heavy atom. The summed E-state index contributed by atoms with van der Waals surface area (Å²) in [6.45, 7) is 5.99. The van der Waals surface area contributed by atoms with E-state index in [0.29, 0.717) is 20.1 Å². The summed E-state index contributed by atoms with van der Waals surface area (Å²) in [6.07, 6.45) is 3.76. The molecule has 0 radical (unpaired) electrons. The molecular weight excluding hydrogens is 458 g/mol. The van der Waals surface area contributed by atoms with Crippen molar-refractivity contribution in [2.45, 2.75) is 18.5 Å². The fraction of sp³-hybridized carbons (Fsp3) is 0.167. The molecule has 1 fully saturated rings. The molecule has 2 heterocycles. The lowest BCUT2D eigenvalue weighted by molar-refractivity contribution is -0.122. The molecule has 1 aliphatic heterocycles. The van der Waals surface area contributed by atoms with E-state index in [0.717, 1.165) is 22.2 Å². The Morgan fingerprint density at radius 3 is 2.72 bits per heavy atom. The Kier molecular flexibility index (Phi) is 6.93. The topological polar surface area (TPSA) is 55.2 Å². The normalized spacial score (nSPS) is 15.2. The molecule has 162 valence electrons. The predicted octanol–water partition coefficient (Wildman–Crippen LogP) is 5.55. The van der Waals surface area contributed by atoms with Gasteiger partial charge in [-0.3, -0.25) is 19.1 Å². The fourth-order valence-electron chi connectivity index (χ4n) is 3.30. The average molecular weight is 480 g/mol. The standard InChI is InChI=1S/C24H21N3O2S3/c1-3-14-31-23-25-18-6-4-5-7-19(18)27(23)21(28)12-13-26-22(29)20(32-24(26)30)15-17-10-8-16(2)9-11-17/h3-11,15H,1,12-14H2,2H3/b20-15-. The number of carbonyl (C=O) groups excluding carboxylic acids is 2. The van der Waals surface area contributed by atoms with Gasteiger partial charge in [0.15, 0.2) is 5.16 Å². The van der Waals surface area contributed by atoms with Gasteiger partial charge in [-0.15, -0.1) is 6.58 Å². The number of rotatable bonds is 7. The molecule has 4 rings (SSSR count). The number of carbonyl (C=O) groups is 2. The van der Waals surface area contributed by atoms with Crippen LogP contribution in [0.2, 0.25) is 0 Å². The highest BCUT2D eigenvalue weighted by Gasteiger charge is 2.32. The van der Waals surface area contributed by atoms with Crippen molar-refractivity contribution in [1.82, 2.24) is 14.5 Å². The summed E-state index contributed by atoms with van der Waals surface area (Å²) in [6, 6.07) is 15.5. The molecule has 2 aromatic carbocycles. The molecule has 0 aliphatic carbocycles. The van der Waals surface area contributed by atoms with Crippen molar-refractivity contribution in [1.29, 1.82) is 0 Å². The number of benzene rings is 2. The van der Waals surface area contributed by atoms with Crippen LogP contribution in [0.1, 0.15) is 22.3 Å². The molecule has 3 aromatic rings. The zero-order valence-electron chi connectivity index (χ0n) is 17.5. The number of thioether (sulfide) groups is 2. The lowest BCUT2D eigenvalue weighted by atomic mass is 10.1. The van der Waals surface area contributed by atoms with E-state index in [4.69, 9.17) is 12.2 Å². The molecule has 8 heteroatoms. The van der Waals surface area contributed by atoms with Gasteiger partial charge in [0.2, 0.25) is 5.91 Å². The number of para-hydroxylation sites is 2. The van der Waals surface area contributed by atoms with E-state index in [2.05, 4.69) is 11.6 Å². The Bertz CT molecular complexity index is 1250. The van der Waals surface area contributed by atoms with Gasteiger partial charge in [-0.1, -0.05) is 83.8 Å². The molecule has 0 bridgehead atoms. The van der Waals surface area contributed by atoms with Gasteiger partial charge in [0.1, 0.15) is 4.32 Å². The minimum atomic E-state index is -0.162. The Labute approximate surface area is 200 Å². The minimum Gasteiger partial charge on any atom is -0.292 e. The number of amides is 1. The molecule has 1 saturated heterocycles. The van der Waals surface area contributed by atoms with E-state index < -0.39 is 0 Å². The van der Waals surface area contributed by atoms with Crippen molar-refractivity contribution in [3.05, 3.63) is 77.2 Å². The highest BCUT2D eigenvalue weighted by molar-refractivity contribution is 8.26. The van der Waals surface area contributed by atoms with Crippen LogP contribution in [-0.2, 0) is 4.79 Å². The number of nitrogens with zero attached hydrogens (tertiary/aromatic N) is 3. The molecular formula is C24H21N3O2S3. The Hall–Kier alpha value is -2.68. The fourth-order valence-corrected chi connectivity index (χ4v) is 5.37. The van der Waals surface area contributed by atoms with Crippen LogP contribution in [0.3, 0.4) is 0 Å². The lowest BCUT2D eigenvalue weighted by Crippen LogP contribution is -2.31. The van der Waals surface area contributed by atoms with Crippen molar-refractivity contribution >= 4 is 69.0 Å². The van der Waals surface area contributed by atoms with Gasteiger partial charge < -0.3 is 0 Å². The number of fused-ring (bicyclic) bond motifs is 1. The van der Waals surface area contributed by atoms with Crippen molar-refractivity contribution in [2.24, 2.45) is 0 Å². The van der Waals surface area contributed by atoms with Crippen LogP contribution in [-0.4, -0.2) is 42.9 Å². The highest BCUT2D eigenvalue weighted by Crippen LogP contribution is 2.33. The van der Waals surface area contributed by atoms with E-state index in [-0.39, 0.29) is 24.8 Å². The summed E-state index contributed by atoms with van der Waals surface area (Å²) >= 11 is 8.15. The van der Waals surface area contributed by atoms with Gasteiger partial charge in [0.25, 0.3) is 5.91 Å². The van der Waals surface area contributed by atoms with Crippen molar-refractivity contribution in [3.8, 4) is 0 Å². The monoisotopic (exact) mass is 479 g/mol. The molecule has 0 spiro atoms. The molecule has 0 unspecified atom stereocenters. The van der Waals surface area contributed by atoms with Crippen LogP contribution < -0.4 is 0 Å². The van der Waals surface area contributed by atoms with Gasteiger partial charge >= 0.3 is 0 Å². The highest BCUT2D eigenvalue weighted by atomic mass is 32.2. The number of thiocarbonyl (C=S) groups is 1. The van der Waals surface area contributed by atoms with Crippen molar-refractivity contribution < 1.29 is 9.59 Å². The maximum absolute atomic E-state index is 13.2. The molecule has 0 atom stereocenters. The lowest BCUT2D eigenvalue weighted by Gasteiger charge is -2.14. The zero-order chi connectivity index (χ0) is 22.7. The van der Waals surface area contributed by atoms with E-state index in [1.807, 2.05) is 61.5 Å². The van der Waals surface area contributed by atoms with Crippen LogP contribution in [0.5, 0.6) is 0 Å². The zero-order valence-corrected chi connectivity index (χ0v) is 19.9. The molecule has 0 N–H and O–H groups in total. The number of aromatic nitrogens is 2. The van der Waals surface area contributed by atoms with Gasteiger partial charge in [-0.2, -0.15) is 0 Å². The largest absolute Gasteiger partial charge is 0.292 e. The molecule has 32 heavy (non-hydrogen) atoms. The summed E-state index contributed by atoms with van der Waals surface area (Å²) < 4.78 is 2.10. The summed E-state index contributed by atoms with van der Waals surface area (Å²) in [7, 11) is 0. The number of imidazole rings is 1. The maximum atomic E-state index is 13.2. The summed E-state index contributed by atoms with van der Waals surface area (Å²) in [5.74, 6) is 0.363. The molecule has 1 amide bonds. The van der Waals surface area contributed by atoms with Crippen molar-refractivity contribution in [2.75, 3.05) is 12.3 Å². The van der Waals surface area contributed by atoms with Gasteiger partial charge in [-0.25, -0.2) is 4.98 Å². The third-order valence-electron chi connectivity index (χ3n) is 4.91. The van der Waals surface area contributed by atoms with E-state index in [1.54, 1.807) is 10.6 Å². The first-order valence-electron chi connectivity index (χ1n) is 10.0. The van der Waals surface area contributed by atoms with Gasteiger partial charge in [-0.05, 0) is 30.7 Å². The number of hydrogen-bond acceptors (Lipinski definition) is 6. The summed E-state index contributed by atoms with van der Waals surface area (Å²) in [5, 5.41) is 0.626. The quantitative estimate of drug-likeness (QED) is 0.192. The first-order valence-corrected chi connectivity index (χ1v) is 12.3. The smallest absolute Gasteiger partial charge is 0.266 e. The first-order chi connectivity index (χ1) is 15.5. The molecule has 1 aliphatic rings. The SMILES string of the molecule is C=CCSc1nc2ccccc2n1C(=O)CCN1C(=O)/C(=C/c2ccc(C)cc2)SC1=S. The van der Waals surface area contributed by atoms with Gasteiger partial charge in [0, 0.05) is 18.7 Å². The van der Waals surface area contributed by atoms with E-state index >= 15 is 0 Å². The van der Waals surface area contributed by atoms with Crippen LogP contribution in [0.4, 0.5) is 0 Å². The van der Waals surface area contributed by atoms with Crippen LogP contribution in [0.15, 0.2) is 71.2 Å². The summed E-state index contributed by atoms with van der Waals surface area (Å²) in [4.78, 5) is 32.7. The number of hydrogen-bond donors (Lipinski definition) is 0. The van der Waals surface area contributed by atoms with Crippen LogP contribution in [0, 0.1) is 6.92 Å². The second-order valence-electron chi connectivity index (χ2n) is 7.21. The molecule has 1 aromatic heterocycles. The molecule has 5 nitrogen and oxygen atoms in total. The van der Waals surface area contributed by atoms with Crippen LogP contribution in [0.25, 0.3) is 17.1 Å². The minimum absolute atomic E-state index is 0.123. The number of aryl methyl sites for hydroxylation is 1. The van der Waals surface area contributed by atoms with E-state index in [9.17, 15) is 9.59 Å². The van der Waals surface area contributed by atoms with E-state index in [1.165, 1.54) is 28.4 Å². The second-order valence-corrected chi connectivity index (χ2v) is 9.87. The average Bonchev–Trinajstić information content (AvgIpc) is 3.29. The Morgan fingerprint density at radius 2 is 1.97 bits per heavy atom. The predicted molar refractivity (Wildman–Crippen MR) is 137 cm³/mol. The Balaban J connectivity index is 1.50. The van der Waals surface area contributed by atoms with Gasteiger partial charge in [0.05, 0.1) is 15.9 Å². The maximum Gasteiger partial charge on any atom is 0.266 e. The van der Waals surface area contributed by atoms with Crippen LogP contribution >= 0.6 is 35.7 Å². The second kappa shape index (κ2) is 9.85.